The highest BCUT2D eigenvalue weighted by molar-refractivity contribution is 5.60. The van der Waals surface area contributed by atoms with E-state index in [-0.39, 0.29) is 0 Å². The third-order valence-corrected chi connectivity index (χ3v) is 1.14. The maximum atomic E-state index is 11.8. The van der Waals surface area contributed by atoms with Gasteiger partial charge in [0.1, 0.15) is 0 Å². The molecule has 0 spiro atoms. The number of halogens is 8. The molecule has 0 N–H and O–H groups in total. The van der Waals surface area contributed by atoms with Crippen molar-refractivity contribution in [2.24, 2.45) is 0 Å². The Balaban J connectivity index is 4.52. The lowest BCUT2D eigenvalue weighted by molar-refractivity contribution is -0.310. The van der Waals surface area contributed by atoms with Gasteiger partial charge < -0.3 is 9.47 Å². The van der Waals surface area contributed by atoms with Crippen molar-refractivity contribution in [3.05, 3.63) is 0 Å². The normalized spacial score (nSPS) is 13.1. The van der Waals surface area contributed by atoms with Crippen molar-refractivity contribution in [2.75, 3.05) is 6.61 Å². The fraction of sp³-hybridized carbons (Fsp3) is 0.833. The molecular formula is C6H4F8O3. The Labute approximate surface area is 88.3 Å². The highest BCUT2D eigenvalue weighted by atomic mass is 19.4. The van der Waals surface area contributed by atoms with Crippen molar-refractivity contribution in [1.82, 2.24) is 0 Å². The van der Waals surface area contributed by atoms with Gasteiger partial charge in [0.25, 0.3) is 12.5 Å². The van der Waals surface area contributed by atoms with E-state index >= 15 is 0 Å². The molecule has 0 saturated heterocycles. The van der Waals surface area contributed by atoms with Gasteiger partial charge in [0.05, 0.1) is 0 Å². The zero-order valence-electron chi connectivity index (χ0n) is 7.61. The van der Waals surface area contributed by atoms with Crippen LogP contribution < -0.4 is 0 Å². The lowest BCUT2D eigenvalue weighted by Gasteiger charge is -2.22. The van der Waals surface area contributed by atoms with Crippen LogP contribution in [0.15, 0.2) is 0 Å². The first-order chi connectivity index (χ1) is 7.44. The largest absolute Gasteiger partial charge is 0.509 e. The first-order valence-corrected chi connectivity index (χ1v) is 3.69. The van der Waals surface area contributed by atoms with E-state index < -0.39 is 37.6 Å². The van der Waals surface area contributed by atoms with Crippen molar-refractivity contribution in [2.45, 2.75) is 24.9 Å². The first-order valence-electron chi connectivity index (χ1n) is 3.69. The Bertz CT molecular complexity index is 243. The number of hydrogen-bond donors (Lipinski definition) is 0. The van der Waals surface area contributed by atoms with Gasteiger partial charge in [-0.1, -0.05) is 0 Å². The molecule has 0 radical (unpaired) electrons. The molecule has 0 rings (SSSR count). The molecule has 0 bridgehead atoms. The van der Waals surface area contributed by atoms with Crippen LogP contribution in [0.5, 0.6) is 0 Å². The average molecular weight is 276 g/mol. The summed E-state index contributed by atoms with van der Waals surface area (Å²) >= 11 is 0. The Hall–Kier alpha value is -1.29. The van der Waals surface area contributed by atoms with Gasteiger partial charge in [0.15, 0.2) is 6.61 Å². The molecule has 0 heterocycles. The number of carbonyl (C=O) groups excluding carboxylic acids is 1. The van der Waals surface area contributed by atoms with Crippen LogP contribution in [0.4, 0.5) is 39.9 Å². The minimum absolute atomic E-state index is 1.67. The minimum atomic E-state index is -5.91. The zero-order chi connectivity index (χ0) is 13.9. The second kappa shape index (κ2) is 5.36. The molecule has 3 nitrogen and oxygen atoms in total. The molecule has 11 heteroatoms. The van der Waals surface area contributed by atoms with Crippen LogP contribution in [0.25, 0.3) is 0 Å². The third kappa shape index (κ3) is 6.12. The van der Waals surface area contributed by atoms with Gasteiger partial charge in [-0.15, -0.1) is 0 Å². The van der Waals surface area contributed by atoms with E-state index in [9.17, 15) is 39.9 Å². The molecule has 0 amide bonds. The highest BCUT2D eigenvalue weighted by Crippen LogP contribution is 2.35. The summed E-state index contributed by atoms with van der Waals surface area (Å²) in [4.78, 5) is 10.3. The Kier molecular flexibility index (Phi) is 4.95. The number of carbonyl (C=O) groups is 1. The number of hydrogen-bond acceptors (Lipinski definition) is 3. The van der Waals surface area contributed by atoms with Crippen LogP contribution >= 0.6 is 0 Å². The third-order valence-electron chi connectivity index (χ3n) is 1.14. The molecule has 0 aromatic heterocycles. The van der Waals surface area contributed by atoms with Gasteiger partial charge in [-0.25, -0.2) is 13.6 Å². The molecule has 0 unspecified atom stereocenters. The van der Waals surface area contributed by atoms with Crippen LogP contribution in [-0.2, 0) is 9.47 Å². The van der Waals surface area contributed by atoms with Gasteiger partial charge in [-0.05, 0) is 0 Å². The van der Waals surface area contributed by atoms with Crippen LogP contribution in [0.2, 0.25) is 0 Å². The summed E-state index contributed by atoms with van der Waals surface area (Å²) in [7, 11) is 0. The van der Waals surface area contributed by atoms with Gasteiger partial charge in [-0.2, -0.15) is 26.3 Å². The summed E-state index contributed by atoms with van der Waals surface area (Å²) < 4.78 is 99.7. The van der Waals surface area contributed by atoms with E-state index in [1.165, 1.54) is 0 Å². The molecule has 0 aliphatic heterocycles. The summed E-state index contributed by atoms with van der Waals surface area (Å²) in [6, 6.07) is 0. The van der Waals surface area contributed by atoms with Gasteiger partial charge in [0, 0.05) is 0 Å². The fourth-order valence-corrected chi connectivity index (χ4v) is 0.580. The molecule has 0 aromatic rings. The van der Waals surface area contributed by atoms with Crippen molar-refractivity contribution in [1.29, 1.82) is 0 Å². The fourth-order valence-electron chi connectivity index (χ4n) is 0.580. The maximum Gasteiger partial charge on any atom is 0.509 e. The maximum absolute atomic E-state index is 11.8. The SMILES string of the molecule is O=C(OCC(F)F)OC(C(F)(F)F)C(F)(F)F. The summed E-state index contributed by atoms with van der Waals surface area (Å²) in [6.07, 6.45) is -22.0. The van der Waals surface area contributed by atoms with Crippen molar-refractivity contribution >= 4 is 6.16 Å². The van der Waals surface area contributed by atoms with E-state index in [1.807, 2.05) is 0 Å². The Morgan fingerprint density at radius 3 is 1.71 bits per heavy atom. The van der Waals surface area contributed by atoms with Crippen molar-refractivity contribution < 1.29 is 49.4 Å². The second-order valence-electron chi connectivity index (χ2n) is 2.53. The zero-order valence-corrected chi connectivity index (χ0v) is 7.61. The number of ether oxygens (including phenoxy) is 2. The molecule has 102 valence electrons. The predicted molar refractivity (Wildman–Crippen MR) is 34.3 cm³/mol. The smallest absolute Gasteiger partial charge is 0.428 e. The molecule has 0 aromatic carbocycles. The molecule has 0 saturated carbocycles. The van der Waals surface area contributed by atoms with Gasteiger partial charge in [0.2, 0.25) is 0 Å². The quantitative estimate of drug-likeness (QED) is 0.587. The molecule has 0 fully saturated rings. The van der Waals surface area contributed by atoms with Crippen LogP contribution in [0, 0.1) is 0 Å². The first kappa shape index (κ1) is 15.7. The van der Waals surface area contributed by atoms with Crippen molar-refractivity contribution in [3.8, 4) is 0 Å². The Morgan fingerprint density at radius 1 is 1.00 bits per heavy atom. The summed E-state index contributed by atoms with van der Waals surface area (Å²) in [6.45, 7) is -1.67. The van der Waals surface area contributed by atoms with Crippen LogP contribution in [0.1, 0.15) is 0 Å². The molecule has 0 aliphatic carbocycles. The lowest BCUT2D eigenvalue weighted by Crippen LogP contribution is -2.45. The standard InChI is InChI=1S/C6H4F8O3/c7-2(8)1-16-4(15)17-3(5(9,10)11)6(12,13)14/h2-3H,1H2. The minimum Gasteiger partial charge on any atom is -0.428 e. The second-order valence-corrected chi connectivity index (χ2v) is 2.53. The predicted octanol–water partition coefficient (Wildman–Crippen LogP) is 2.90. The van der Waals surface area contributed by atoms with E-state index in [2.05, 4.69) is 9.47 Å². The van der Waals surface area contributed by atoms with Gasteiger partial charge >= 0.3 is 18.5 Å². The monoisotopic (exact) mass is 276 g/mol. The van der Waals surface area contributed by atoms with E-state index in [4.69, 9.17) is 0 Å². The molecular weight excluding hydrogens is 272 g/mol. The van der Waals surface area contributed by atoms with Gasteiger partial charge in [-0.3, -0.25) is 0 Å². The Morgan fingerprint density at radius 2 is 1.41 bits per heavy atom. The summed E-state index contributed by atoms with van der Waals surface area (Å²) in [5, 5.41) is 0. The van der Waals surface area contributed by atoms with Crippen LogP contribution in [0.3, 0.4) is 0 Å². The van der Waals surface area contributed by atoms with Crippen molar-refractivity contribution in [3.63, 3.8) is 0 Å². The molecule has 0 aliphatic rings. The highest BCUT2D eigenvalue weighted by Gasteiger charge is 2.60. The number of rotatable bonds is 3. The van der Waals surface area contributed by atoms with E-state index in [0.29, 0.717) is 0 Å². The van der Waals surface area contributed by atoms with E-state index in [0.717, 1.165) is 0 Å². The molecule has 17 heavy (non-hydrogen) atoms. The lowest BCUT2D eigenvalue weighted by atomic mass is 10.3. The number of alkyl halides is 8. The average Bonchev–Trinajstić information content (AvgIpc) is 2.07. The summed E-state index contributed by atoms with van der Waals surface area (Å²) in [5.41, 5.74) is 0. The molecule has 0 atom stereocenters. The van der Waals surface area contributed by atoms with Crippen LogP contribution in [-0.4, -0.2) is 37.6 Å². The topological polar surface area (TPSA) is 35.5 Å². The van der Waals surface area contributed by atoms with E-state index in [1.54, 1.807) is 0 Å². The summed E-state index contributed by atoms with van der Waals surface area (Å²) in [5.74, 6) is 0.